The highest BCUT2D eigenvalue weighted by molar-refractivity contribution is 6.13. The number of benzene rings is 3. The first kappa shape index (κ1) is 13.7. The van der Waals surface area contributed by atoms with Gasteiger partial charge in [-0.25, -0.2) is 0 Å². The predicted octanol–water partition coefficient (Wildman–Crippen LogP) is 5.47. The fraction of sp³-hybridized carbons (Fsp3) is 0.0455. The summed E-state index contributed by atoms with van der Waals surface area (Å²) in [5, 5.41) is 11.1. The van der Waals surface area contributed by atoms with Crippen LogP contribution in [-0.4, -0.2) is 5.71 Å². The molecular formula is C22H17N. The summed E-state index contributed by atoms with van der Waals surface area (Å²) < 4.78 is 0. The lowest BCUT2D eigenvalue weighted by molar-refractivity contribution is 1.10. The summed E-state index contributed by atoms with van der Waals surface area (Å²) in [6.07, 6.45) is 8.53. The maximum absolute atomic E-state index is 8.70. The maximum atomic E-state index is 8.70. The Labute approximate surface area is 136 Å². The lowest BCUT2D eigenvalue weighted by Gasteiger charge is -2.16. The minimum Gasteiger partial charge on any atom is -0.300 e. The normalized spacial score (nSPS) is 13.7. The van der Waals surface area contributed by atoms with Crippen LogP contribution in [0, 0.1) is 5.41 Å². The van der Waals surface area contributed by atoms with E-state index in [0.717, 1.165) is 11.1 Å². The van der Waals surface area contributed by atoms with Crippen molar-refractivity contribution in [3.63, 3.8) is 0 Å². The van der Waals surface area contributed by atoms with Crippen LogP contribution in [-0.2, 0) is 0 Å². The van der Waals surface area contributed by atoms with Crippen LogP contribution in [0.25, 0.3) is 10.8 Å². The smallest absolute Gasteiger partial charge is 0.0687 e. The Balaban J connectivity index is 1.92. The summed E-state index contributed by atoms with van der Waals surface area (Å²) >= 11 is 0. The molecule has 1 N–H and O–H groups in total. The monoisotopic (exact) mass is 295 g/mol. The van der Waals surface area contributed by atoms with E-state index in [2.05, 4.69) is 54.6 Å². The zero-order chi connectivity index (χ0) is 15.6. The van der Waals surface area contributed by atoms with Gasteiger partial charge < -0.3 is 0 Å². The Hall–Kier alpha value is -2.93. The van der Waals surface area contributed by atoms with Crippen LogP contribution in [0.2, 0.25) is 0 Å². The third kappa shape index (κ3) is 2.51. The second kappa shape index (κ2) is 5.69. The van der Waals surface area contributed by atoms with Crippen molar-refractivity contribution in [2.45, 2.75) is 5.92 Å². The van der Waals surface area contributed by atoms with E-state index in [4.69, 9.17) is 5.41 Å². The first-order valence-corrected chi connectivity index (χ1v) is 7.85. The summed E-state index contributed by atoms with van der Waals surface area (Å²) in [5.41, 5.74) is 3.74. The van der Waals surface area contributed by atoms with Crippen LogP contribution in [0.15, 0.2) is 91.0 Å². The molecule has 0 unspecified atom stereocenters. The van der Waals surface area contributed by atoms with Gasteiger partial charge in [0.25, 0.3) is 0 Å². The van der Waals surface area contributed by atoms with Crippen molar-refractivity contribution in [3.05, 3.63) is 108 Å². The molecule has 0 bridgehead atoms. The average Bonchev–Trinajstić information content (AvgIpc) is 3.15. The van der Waals surface area contributed by atoms with Gasteiger partial charge in [0.05, 0.1) is 5.71 Å². The molecule has 23 heavy (non-hydrogen) atoms. The minimum atomic E-state index is 0.249. The van der Waals surface area contributed by atoms with E-state index < -0.39 is 0 Å². The highest BCUT2D eigenvalue weighted by Crippen LogP contribution is 2.31. The molecule has 0 atom stereocenters. The van der Waals surface area contributed by atoms with Crippen LogP contribution >= 0.6 is 0 Å². The van der Waals surface area contributed by atoms with Gasteiger partial charge in [0.2, 0.25) is 0 Å². The van der Waals surface area contributed by atoms with Gasteiger partial charge >= 0.3 is 0 Å². The van der Waals surface area contributed by atoms with Gasteiger partial charge in [-0.15, -0.1) is 0 Å². The molecule has 0 aromatic heterocycles. The SMILES string of the molecule is N=C(c1ccccc1)c1cc2ccccc2cc1C1C=CC=C1. The molecule has 4 rings (SSSR count). The van der Waals surface area contributed by atoms with Crippen LogP contribution in [0.5, 0.6) is 0 Å². The Kier molecular flexibility index (Phi) is 3.39. The van der Waals surface area contributed by atoms with Crippen molar-refractivity contribution in [2.75, 3.05) is 0 Å². The Morgan fingerprint density at radius 3 is 2.04 bits per heavy atom. The standard InChI is InChI=1S/C22H17N/c23-22(17-10-2-1-3-11-17)21-15-19-13-7-6-12-18(19)14-20(21)16-8-4-5-9-16/h1-16,23H. The van der Waals surface area contributed by atoms with Gasteiger partial charge in [0.15, 0.2) is 0 Å². The number of hydrogen-bond acceptors (Lipinski definition) is 1. The molecule has 0 heterocycles. The molecule has 1 aliphatic carbocycles. The zero-order valence-electron chi connectivity index (χ0n) is 12.7. The predicted molar refractivity (Wildman–Crippen MR) is 97.3 cm³/mol. The van der Waals surface area contributed by atoms with Crippen molar-refractivity contribution in [1.29, 1.82) is 5.41 Å². The van der Waals surface area contributed by atoms with Gasteiger partial charge in [-0.1, -0.05) is 78.9 Å². The third-order valence-electron chi connectivity index (χ3n) is 4.36. The third-order valence-corrected chi connectivity index (χ3v) is 4.36. The summed E-state index contributed by atoms with van der Waals surface area (Å²) in [6.45, 7) is 0. The molecule has 0 saturated heterocycles. The summed E-state index contributed by atoms with van der Waals surface area (Å²) in [7, 11) is 0. The molecule has 3 aromatic rings. The Morgan fingerprint density at radius 1 is 0.739 bits per heavy atom. The first-order valence-electron chi connectivity index (χ1n) is 7.85. The largest absolute Gasteiger partial charge is 0.300 e. The highest BCUT2D eigenvalue weighted by atomic mass is 14.4. The fourth-order valence-electron chi connectivity index (χ4n) is 3.15. The lowest BCUT2D eigenvalue weighted by atomic mass is 9.88. The second-order valence-electron chi connectivity index (χ2n) is 5.82. The summed E-state index contributed by atoms with van der Waals surface area (Å²) in [6, 6.07) is 22.7. The van der Waals surface area contributed by atoms with Crippen LogP contribution in [0.1, 0.15) is 22.6 Å². The molecule has 0 spiro atoms. The van der Waals surface area contributed by atoms with E-state index in [-0.39, 0.29) is 5.92 Å². The van der Waals surface area contributed by atoms with Crippen molar-refractivity contribution < 1.29 is 0 Å². The van der Waals surface area contributed by atoms with Crippen LogP contribution in [0.4, 0.5) is 0 Å². The quantitative estimate of drug-likeness (QED) is 0.620. The molecule has 1 nitrogen and oxygen atoms in total. The molecule has 1 heteroatoms. The molecule has 0 amide bonds. The fourth-order valence-corrected chi connectivity index (χ4v) is 3.15. The maximum Gasteiger partial charge on any atom is 0.0687 e. The molecular weight excluding hydrogens is 278 g/mol. The van der Waals surface area contributed by atoms with Gasteiger partial charge in [0.1, 0.15) is 0 Å². The topological polar surface area (TPSA) is 23.9 Å². The summed E-state index contributed by atoms with van der Waals surface area (Å²) in [4.78, 5) is 0. The molecule has 0 radical (unpaired) electrons. The van der Waals surface area contributed by atoms with E-state index in [0.29, 0.717) is 5.71 Å². The van der Waals surface area contributed by atoms with Crippen molar-refractivity contribution in [2.24, 2.45) is 0 Å². The minimum absolute atomic E-state index is 0.249. The van der Waals surface area contributed by atoms with Crippen molar-refractivity contribution >= 4 is 16.5 Å². The van der Waals surface area contributed by atoms with Crippen molar-refractivity contribution in [1.82, 2.24) is 0 Å². The molecule has 110 valence electrons. The van der Waals surface area contributed by atoms with Gasteiger partial charge in [-0.2, -0.15) is 0 Å². The Morgan fingerprint density at radius 2 is 1.35 bits per heavy atom. The van der Waals surface area contributed by atoms with E-state index in [1.54, 1.807) is 0 Å². The second-order valence-corrected chi connectivity index (χ2v) is 5.82. The van der Waals surface area contributed by atoms with Crippen LogP contribution in [0.3, 0.4) is 0 Å². The number of nitrogens with one attached hydrogen (secondary N) is 1. The lowest BCUT2D eigenvalue weighted by Crippen LogP contribution is -2.07. The van der Waals surface area contributed by atoms with Gasteiger partial charge in [-0.3, -0.25) is 5.41 Å². The molecule has 0 saturated carbocycles. The van der Waals surface area contributed by atoms with E-state index in [1.165, 1.54) is 16.3 Å². The summed E-state index contributed by atoms with van der Waals surface area (Å²) in [5.74, 6) is 0.249. The Bertz CT molecular complexity index is 921. The zero-order valence-corrected chi connectivity index (χ0v) is 12.7. The van der Waals surface area contributed by atoms with Crippen molar-refractivity contribution in [3.8, 4) is 0 Å². The number of allylic oxidation sites excluding steroid dienone is 4. The molecule has 1 aliphatic rings. The van der Waals surface area contributed by atoms with E-state index in [1.807, 2.05) is 36.4 Å². The van der Waals surface area contributed by atoms with Crippen LogP contribution < -0.4 is 0 Å². The van der Waals surface area contributed by atoms with Gasteiger partial charge in [-0.05, 0) is 28.5 Å². The molecule has 0 fully saturated rings. The molecule has 0 aliphatic heterocycles. The number of fused-ring (bicyclic) bond motifs is 1. The number of hydrogen-bond donors (Lipinski definition) is 1. The van der Waals surface area contributed by atoms with E-state index >= 15 is 0 Å². The molecule has 3 aromatic carbocycles. The van der Waals surface area contributed by atoms with Gasteiger partial charge in [0, 0.05) is 17.0 Å². The first-order chi connectivity index (χ1) is 11.3. The van der Waals surface area contributed by atoms with E-state index in [9.17, 15) is 0 Å². The highest BCUT2D eigenvalue weighted by Gasteiger charge is 2.17. The number of rotatable bonds is 3. The average molecular weight is 295 g/mol.